The molecule has 1 amide bonds. The summed E-state index contributed by atoms with van der Waals surface area (Å²) in [5.74, 6) is -0.500. The summed E-state index contributed by atoms with van der Waals surface area (Å²) in [5.41, 5.74) is 2.12. The van der Waals surface area contributed by atoms with Gasteiger partial charge in [0.05, 0.1) is 17.1 Å². The molecule has 0 fully saturated rings. The van der Waals surface area contributed by atoms with Crippen molar-refractivity contribution in [3.8, 4) is 0 Å². The Morgan fingerprint density at radius 1 is 1.20 bits per heavy atom. The number of rotatable bonds is 5. The number of nitrogens with one attached hydrogen (secondary N) is 3. The Morgan fingerprint density at radius 2 is 1.92 bits per heavy atom. The number of imidazole rings is 1. The summed E-state index contributed by atoms with van der Waals surface area (Å²) in [7, 11) is 1.77. The van der Waals surface area contributed by atoms with E-state index < -0.39 is 6.04 Å². The molecule has 0 radical (unpaired) electrons. The number of hydrogen-bond acceptors (Lipinski definition) is 3. The first-order chi connectivity index (χ1) is 11.9. The summed E-state index contributed by atoms with van der Waals surface area (Å²) in [6, 6.07) is 11.2. The molecular weight excluding hydrogens is 323 g/mol. The van der Waals surface area contributed by atoms with Crippen molar-refractivity contribution in [2.24, 2.45) is 0 Å². The van der Waals surface area contributed by atoms with Crippen LogP contribution in [-0.2, 0) is 11.3 Å². The van der Waals surface area contributed by atoms with Crippen molar-refractivity contribution in [1.82, 2.24) is 14.9 Å². The normalized spacial score (nSPS) is 12.5. The van der Waals surface area contributed by atoms with Crippen molar-refractivity contribution < 1.29 is 9.18 Å². The van der Waals surface area contributed by atoms with Crippen molar-refractivity contribution >= 4 is 22.6 Å². The van der Waals surface area contributed by atoms with E-state index in [-0.39, 0.29) is 17.4 Å². The lowest BCUT2D eigenvalue weighted by molar-refractivity contribution is -0.120. The number of halogens is 1. The van der Waals surface area contributed by atoms with Crippen LogP contribution >= 0.6 is 0 Å². The zero-order valence-electron chi connectivity index (χ0n) is 14.0. The van der Waals surface area contributed by atoms with E-state index in [1.165, 1.54) is 6.07 Å². The Bertz CT molecular complexity index is 963. The molecule has 0 bridgehead atoms. The molecule has 0 saturated carbocycles. The Kier molecular flexibility index (Phi) is 4.67. The second-order valence-corrected chi connectivity index (χ2v) is 6.01. The SMILES string of the molecule is CC(C(=O)Nc1ccc2[nH]c(=O)[nH]c2c1)N(C)Cc1ccccc1F. The molecule has 2 aromatic carbocycles. The lowest BCUT2D eigenvalue weighted by atomic mass is 10.1. The average Bonchev–Trinajstić information content (AvgIpc) is 2.95. The van der Waals surface area contributed by atoms with Gasteiger partial charge in [-0.3, -0.25) is 9.69 Å². The van der Waals surface area contributed by atoms with Gasteiger partial charge in [-0.05, 0) is 38.2 Å². The zero-order chi connectivity index (χ0) is 18.0. The third-order valence-electron chi connectivity index (χ3n) is 4.20. The Labute approximate surface area is 143 Å². The molecule has 1 unspecified atom stereocenters. The first-order valence-electron chi connectivity index (χ1n) is 7.90. The number of nitrogens with zero attached hydrogens (tertiary/aromatic N) is 1. The lowest BCUT2D eigenvalue weighted by Crippen LogP contribution is -2.39. The molecule has 0 saturated heterocycles. The summed E-state index contributed by atoms with van der Waals surface area (Å²) < 4.78 is 13.8. The van der Waals surface area contributed by atoms with Crippen LogP contribution in [0.3, 0.4) is 0 Å². The van der Waals surface area contributed by atoms with E-state index in [1.54, 1.807) is 55.3 Å². The highest BCUT2D eigenvalue weighted by Gasteiger charge is 2.19. The highest BCUT2D eigenvalue weighted by molar-refractivity contribution is 5.96. The monoisotopic (exact) mass is 342 g/mol. The first kappa shape index (κ1) is 16.9. The highest BCUT2D eigenvalue weighted by atomic mass is 19.1. The Morgan fingerprint density at radius 3 is 2.68 bits per heavy atom. The van der Waals surface area contributed by atoms with Gasteiger partial charge < -0.3 is 15.3 Å². The zero-order valence-corrected chi connectivity index (χ0v) is 14.0. The van der Waals surface area contributed by atoms with E-state index in [0.29, 0.717) is 28.8 Å². The fraction of sp³-hybridized carbons (Fsp3) is 0.222. The van der Waals surface area contributed by atoms with E-state index >= 15 is 0 Å². The number of aromatic amines is 2. The molecule has 130 valence electrons. The van der Waals surface area contributed by atoms with E-state index in [9.17, 15) is 14.0 Å². The molecule has 3 N–H and O–H groups in total. The number of carbonyl (C=O) groups excluding carboxylic acids is 1. The molecule has 0 aliphatic carbocycles. The molecule has 7 heteroatoms. The van der Waals surface area contributed by atoms with Crippen LogP contribution in [0.5, 0.6) is 0 Å². The van der Waals surface area contributed by atoms with Crippen LogP contribution in [0, 0.1) is 5.82 Å². The third kappa shape index (κ3) is 3.77. The summed E-state index contributed by atoms with van der Waals surface area (Å²) in [5, 5.41) is 2.81. The first-order valence-corrected chi connectivity index (χ1v) is 7.90. The van der Waals surface area contributed by atoms with E-state index in [1.807, 2.05) is 0 Å². The fourth-order valence-electron chi connectivity index (χ4n) is 2.59. The maximum Gasteiger partial charge on any atom is 0.323 e. The number of H-pyrrole nitrogens is 2. The Hall–Kier alpha value is -2.93. The maximum absolute atomic E-state index is 13.8. The molecule has 25 heavy (non-hydrogen) atoms. The summed E-state index contributed by atoms with van der Waals surface area (Å²) >= 11 is 0. The standard InChI is InChI=1S/C18H19FN4O2/c1-11(23(2)10-12-5-3-4-6-14(12)19)17(24)20-13-7-8-15-16(9-13)22-18(25)21-15/h3-9,11H,10H2,1-2H3,(H,20,24)(H2,21,22,25). The minimum Gasteiger partial charge on any atom is -0.325 e. The van der Waals surface area contributed by atoms with Crippen molar-refractivity contribution in [3.05, 3.63) is 64.3 Å². The van der Waals surface area contributed by atoms with Crippen molar-refractivity contribution in [3.63, 3.8) is 0 Å². The second kappa shape index (κ2) is 6.90. The van der Waals surface area contributed by atoms with Gasteiger partial charge in [0.15, 0.2) is 0 Å². The van der Waals surface area contributed by atoms with Gasteiger partial charge in [0.25, 0.3) is 0 Å². The van der Waals surface area contributed by atoms with Crippen LogP contribution in [0.1, 0.15) is 12.5 Å². The predicted molar refractivity (Wildman–Crippen MR) is 94.9 cm³/mol. The van der Waals surface area contributed by atoms with Gasteiger partial charge >= 0.3 is 5.69 Å². The molecule has 0 aliphatic rings. The molecule has 1 heterocycles. The minimum absolute atomic E-state index is 0.212. The van der Waals surface area contributed by atoms with Crippen molar-refractivity contribution in [1.29, 1.82) is 0 Å². The molecule has 3 aromatic rings. The quantitative estimate of drug-likeness (QED) is 0.666. The molecular formula is C18H19FN4O2. The van der Waals surface area contributed by atoms with Crippen molar-refractivity contribution in [2.75, 3.05) is 12.4 Å². The van der Waals surface area contributed by atoms with Gasteiger partial charge in [0.1, 0.15) is 5.82 Å². The van der Waals surface area contributed by atoms with Crippen LogP contribution in [0.4, 0.5) is 10.1 Å². The van der Waals surface area contributed by atoms with Gasteiger partial charge in [0, 0.05) is 17.8 Å². The van der Waals surface area contributed by atoms with Crippen LogP contribution in [0.25, 0.3) is 11.0 Å². The number of carbonyl (C=O) groups is 1. The van der Waals surface area contributed by atoms with E-state index in [0.717, 1.165) is 0 Å². The van der Waals surface area contributed by atoms with Gasteiger partial charge in [0.2, 0.25) is 5.91 Å². The summed E-state index contributed by atoms with van der Waals surface area (Å²) in [6.45, 7) is 2.08. The molecule has 3 rings (SSSR count). The minimum atomic E-state index is -0.458. The second-order valence-electron chi connectivity index (χ2n) is 6.01. The number of benzene rings is 2. The van der Waals surface area contributed by atoms with Gasteiger partial charge in [-0.15, -0.1) is 0 Å². The lowest BCUT2D eigenvalue weighted by Gasteiger charge is -2.24. The van der Waals surface area contributed by atoms with Gasteiger partial charge in [-0.2, -0.15) is 0 Å². The summed E-state index contributed by atoms with van der Waals surface area (Å²) in [6.07, 6.45) is 0. The van der Waals surface area contributed by atoms with Crippen LogP contribution in [0.15, 0.2) is 47.3 Å². The molecule has 0 aliphatic heterocycles. The average molecular weight is 342 g/mol. The smallest absolute Gasteiger partial charge is 0.323 e. The number of hydrogen-bond donors (Lipinski definition) is 3. The molecule has 1 atom stereocenters. The van der Waals surface area contributed by atoms with Crippen LogP contribution in [-0.4, -0.2) is 33.9 Å². The fourth-order valence-corrected chi connectivity index (χ4v) is 2.59. The number of amides is 1. The van der Waals surface area contributed by atoms with Crippen LogP contribution < -0.4 is 11.0 Å². The largest absolute Gasteiger partial charge is 0.325 e. The van der Waals surface area contributed by atoms with Gasteiger partial charge in [-0.25, -0.2) is 9.18 Å². The number of anilines is 1. The third-order valence-corrected chi connectivity index (χ3v) is 4.20. The Balaban J connectivity index is 1.68. The number of fused-ring (bicyclic) bond motifs is 1. The number of aromatic nitrogens is 2. The van der Waals surface area contributed by atoms with E-state index in [4.69, 9.17) is 0 Å². The maximum atomic E-state index is 13.8. The van der Waals surface area contributed by atoms with E-state index in [2.05, 4.69) is 15.3 Å². The van der Waals surface area contributed by atoms with Crippen LogP contribution in [0.2, 0.25) is 0 Å². The van der Waals surface area contributed by atoms with Crippen molar-refractivity contribution in [2.45, 2.75) is 19.5 Å². The molecule has 6 nitrogen and oxygen atoms in total. The predicted octanol–water partition coefficient (Wildman–Crippen LogP) is 2.45. The topological polar surface area (TPSA) is 81.0 Å². The van der Waals surface area contributed by atoms with Gasteiger partial charge in [-0.1, -0.05) is 18.2 Å². The number of likely N-dealkylation sites (N-methyl/N-ethyl adjacent to an activating group) is 1. The molecule has 0 spiro atoms. The molecule has 1 aromatic heterocycles. The summed E-state index contributed by atoms with van der Waals surface area (Å²) in [4.78, 5) is 30.8. The highest BCUT2D eigenvalue weighted by Crippen LogP contribution is 2.16.